The highest BCUT2D eigenvalue weighted by molar-refractivity contribution is 7.16. The van der Waals surface area contributed by atoms with Gasteiger partial charge in [-0.05, 0) is 54.8 Å². The Labute approximate surface area is 159 Å². The zero-order valence-corrected chi connectivity index (χ0v) is 15.1. The number of amides is 1. The molecular formula is C22H15F2NOS. The summed E-state index contributed by atoms with van der Waals surface area (Å²) >= 11 is 1.62. The molecule has 1 aliphatic rings. The molecule has 1 fully saturated rings. The monoisotopic (exact) mass is 379 g/mol. The first kappa shape index (κ1) is 17.4. The summed E-state index contributed by atoms with van der Waals surface area (Å²) in [7, 11) is 0. The van der Waals surface area contributed by atoms with Gasteiger partial charge < -0.3 is 5.32 Å². The number of nitrogens with one attached hydrogen (secondary N) is 1. The number of rotatable bonds is 3. The third-order valence-electron chi connectivity index (χ3n) is 4.20. The summed E-state index contributed by atoms with van der Waals surface area (Å²) < 4.78 is 27.4. The molecule has 1 heterocycles. The zero-order valence-electron chi connectivity index (χ0n) is 14.3. The van der Waals surface area contributed by atoms with Crippen molar-refractivity contribution in [1.82, 2.24) is 0 Å². The molecule has 4 rings (SSSR count). The van der Waals surface area contributed by atoms with Gasteiger partial charge in [-0.2, -0.15) is 0 Å². The van der Waals surface area contributed by atoms with Crippen molar-refractivity contribution in [2.45, 2.75) is 12.8 Å². The van der Waals surface area contributed by atoms with Gasteiger partial charge in [0.1, 0.15) is 17.2 Å². The van der Waals surface area contributed by atoms with Crippen LogP contribution in [0.4, 0.5) is 14.5 Å². The topological polar surface area (TPSA) is 29.1 Å². The van der Waals surface area contributed by atoms with Gasteiger partial charge >= 0.3 is 0 Å². The second-order valence-corrected chi connectivity index (χ2v) is 7.42. The van der Waals surface area contributed by atoms with Crippen LogP contribution in [0, 0.1) is 29.4 Å². The number of carbonyl (C=O) groups excluding carboxylic acids is 1. The van der Waals surface area contributed by atoms with Crippen molar-refractivity contribution in [2.24, 2.45) is 5.92 Å². The second-order valence-electron chi connectivity index (χ2n) is 6.34. The van der Waals surface area contributed by atoms with E-state index in [9.17, 15) is 13.6 Å². The number of carbonyl (C=O) groups is 1. The molecule has 1 N–H and O–H groups in total. The van der Waals surface area contributed by atoms with E-state index >= 15 is 0 Å². The highest BCUT2D eigenvalue weighted by Gasteiger charge is 2.18. The molecule has 1 aromatic heterocycles. The molecular weight excluding hydrogens is 364 g/mol. The number of thiophene rings is 1. The predicted octanol–water partition coefficient (Wildman–Crippen LogP) is 5.71. The lowest BCUT2D eigenvalue weighted by Gasteiger charge is -2.07. The Morgan fingerprint density at radius 2 is 1.70 bits per heavy atom. The summed E-state index contributed by atoms with van der Waals surface area (Å²) in [6.07, 6.45) is 2.41. The molecule has 3 aromatic rings. The van der Waals surface area contributed by atoms with E-state index in [1.165, 1.54) is 18.9 Å². The molecule has 2 aromatic carbocycles. The minimum Gasteiger partial charge on any atom is -0.322 e. The lowest BCUT2D eigenvalue weighted by molar-refractivity contribution is 0.101. The maximum atomic E-state index is 13.7. The van der Waals surface area contributed by atoms with Gasteiger partial charge in [-0.3, -0.25) is 4.79 Å². The highest BCUT2D eigenvalue weighted by atomic mass is 32.1. The van der Waals surface area contributed by atoms with E-state index in [4.69, 9.17) is 0 Å². The minimum atomic E-state index is -0.887. The number of anilines is 1. The smallest absolute Gasteiger partial charge is 0.261 e. The van der Waals surface area contributed by atoms with Gasteiger partial charge in [0.05, 0.1) is 4.88 Å². The van der Waals surface area contributed by atoms with Gasteiger partial charge in [0.15, 0.2) is 0 Å². The number of halogens is 2. The summed E-state index contributed by atoms with van der Waals surface area (Å²) in [6, 6.07) is 14.5. The summed E-state index contributed by atoms with van der Waals surface area (Å²) in [4.78, 5) is 14.3. The predicted molar refractivity (Wildman–Crippen MR) is 104 cm³/mol. The van der Waals surface area contributed by atoms with Crippen molar-refractivity contribution in [1.29, 1.82) is 0 Å². The summed E-state index contributed by atoms with van der Waals surface area (Å²) in [6.45, 7) is 0. The standard InChI is InChI=1S/C22H15F2NOS/c23-18-2-1-3-19(24)21(18)22(26)25-16-9-7-15(8-10-16)20-13-12-17(27-20)11-6-14-4-5-14/h1-3,7-10,12-14H,4-5H2,(H,25,26). The third-order valence-corrected chi connectivity index (χ3v) is 5.25. The van der Waals surface area contributed by atoms with E-state index in [0.717, 1.165) is 27.5 Å². The average Bonchev–Trinajstić information content (AvgIpc) is 3.36. The lowest BCUT2D eigenvalue weighted by Crippen LogP contribution is -2.15. The fourth-order valence-electron chi connectivity index (χ4n) is 2.59. The molecule has 0 spiro atoms. The molecule has 0 radical (unpaired) electrons. The average molecular weight is 379 g/mol. The van der Waals surface area contributed by atoms with Crippen LogP contribution in [-0.2, 0) is 0 Å². The highest BCUT2D eigenvalue weighted by Crippen LogP contribution is 2.30. The third kappa shape index (κ3) is 4.07. The van der Waals surface area contributed by atoms with Crippen LogP contribution < -0.4 is 5.32 Å². The molecule has 1 amide bonds. The van der Waals surface area contributed by atoms with Crippen LogP contribution in [0.3, 0.4) is 0 Å². The van der Waals surface area contributed by atoms with Crippen LogP contribution in [0.15, 0.2) is 54.6 Å². The molecule has 1 aliphatic carbocycles. The first-order valence-corrected chi connectivity index (χ1v) is 9.39. The van der Waals surface area contributed by atoms with Gasteiger partial charge in [0.2, 0.25) is 0 Å². The first-order valence-electron chi connectivity index (χ1n) is 8.57. The number of benzene rings is 2. The largest absolute Gasteiger partial charge is 0.322 e. The van der Waals surface area contributed by atoms with Crippen LogP contribution in [0.2, 0.25) is 0 Å². The maximum Gasteiger partial charge on any atom is 0.261 e. The first-order chi connectivity index (χ1) is 13.1. The maximum absolute atomic E-state index is 13.7. The van der Waals surface area contributed by atoms with Crippen LogP contribution in [0.1, 0.15) is 28.1 Å². The Morgan fingerprint density at radius 3 is 2.37 bits per heavy atom. The van der Waals surface area contributed by atoms with Crippen LogP contribution in [0.25, 0.3) is 10.4 Å². The zero-order chi connectivity index (χ0) is 18.8. The lowest BCUT2D eigenvalue weighted by atomic mass is 10.1. The molecule has 134 valence electrons. The normalized spacial score (nSPS) is 13.0. The van der Waals surface area contributed by atoms with Gasteiger partial charge in [0.25, 0.3) is 5.91 Å². The minimum absolute atomic E-state index is 0.469. The fraction of sp³-hybridized carbons (Fsp3) is 0.136. The Balaban J connectivity index is 1.48. The summed E-state index contributed by atoms with van der Waals surface area (Å²) in [5.74, 6) is 4.43. The molecule has 2 nitrogen and oxygen atoms in total. The van der Waals surface area contributed by atoms with Gasteiger partial charge in [0, 0.05) is 16.5 Å². The van der Waals surface area contributed by atoms with E-state index in [1.54, 1.807) is 23.5 Å². The van der Waals surface area contributed by atoms with E-state index < -0.39 is 23.1 Å². The SMILES string of the molecule is O=C(Nc1ccc(-c2ccc(C#CC3CC3)s2)cc1)c1c(F)cccc1F. The molecule has 1 saturated carbocycles. The van der Waals surface area contributed by atoms with Crippen molar-refractivity contribution in [3.63, 3.8) is 0 Å². The summed E-state index contributed by atoms with van der Waals surface area (Å²) in [5, 5.41) is 2.53. The Kier molecular flexibility index (Phi) is 4.74. The van der Waals surface area contributed by atoms with E-state index in [1.807, 2.05) is 24.3 Å². The van der Waals surface area contributed by atoms with Gasteiger partial charge in [-0.25, -0.2) is 8.78 Å². The van der Waals surface area contributed by atoms with Crippen LogP contribution in [-0.4, -0.2) is 5.91 Å². The Hall–Kier alpha value is -2.97. The van der Waals surface area contributed by atoms with E-state index in [0.29, 0.717) is 11.6 Å². The van der Waals surface area contributed by atoms with Gasteiger partial charge in [-0.15, -0.1) is 11.3 Å². The fourth-order valence-corrected chi connectivity index (χ4v) is 3.46. The molecule has 27 heavy (non-hydrogen) atoms. The summed E-state index contributed by atoms with van der Waals surface area (Å²) in [5.41, 5.74) is 0.880. The Morgan fingerprint density at radius 1 is 1.00 bits per heavy atom. The molecule has 5 heteroatoms. The molecule has 0 aliphatic heterocycles. The molecule has 0 saturated heterocycles. The van der Waals surface area contributed by atoms with E-state index in [2.05, 4.69) is 17.2 Å². The van der Waals surface area contributed by atoms with Crippen LogP contribution >= 0.6 is 11.3 Å². The van der Waals surface area contributed by atoms with Crippen molar-refractivity contribution in [3.05, 3.63) is 76.7 Å². The van der Waals surface area contributed by atoms with Crippen molar-refractivity contribution in [2.75, 3.05) is 5.32 Å². The quantitative estimate of drug-likeness (QED) is 0.581. The molecule has 0 bridgehead atoms. The Bertz CT molecular complexity index is 1040. The van der Waals surface area contributed by atoms with Crippen molar-refractivity contribution >= 4 is 22.9 Å². The second kappa shape index (κ2) is 7.34. The van der Waals surface area contributed by atoms with Crippen LogP contribution in [0.5, 0.6) is 0 Å². The van der Waals surface area contributed by atoms with E-state index in [-0.39, 0.29) is 0 Å². The number of hydrogen-bond donors (Lipinski definition) is 1. The number of hydrogen-bond acceptors (Lipinski definition) is 2. The molecule has 0 unspecified atom stereocenters. The van der Waals surface area contributed by atoms with Crippen molar-refractivity contribution < 1.29 is 13.6 Å². The van der Waals surface area contributed by atoms with Crippen molar-refractivity contribution in [3.8, 4) is 22.3 Å². The molecule has 0 atom stereocenters. The van der Waals surface area contributed by atoms with Gasteiger partial charge in [-0.1, -0.05) is 30.0 Å².